The van der Waals surface area contributed by atoms with Crippen LogP contribution in [-0.4, -0.2) is 29.3 Å². The molecule has 1 saturated heterocycles. The smallest absolute Gasteiger partial charge is 0.325 e. The Morgan fingerprint density at radius 3 is 3.04 bits per heavy atom. The predicted octanol–water partition coefficient (Wildman–Crippen LogP) is 4.18. The van der Waals surface area contributed by atoms with Crippen molar-refractivity contribution in [1.82, 2.24) is 10.2 Å². The number of hydrogen-bond acceptors (Lipinski definition) is 5. The molecule has 8 heteroatoms. The number of carbonyl (C=O) groups is 1. The lowest BCUT2D eigenvalue weighted by Crippen LogP contribution is -2.34. The van der Waals surface area contributed by atoms with Gasteiger partial charge in [0.25, 0.3) is 0 Å². The molecule has 1 aliphatic rings. The van der Waals surface area contributed by atoms with Crippen molar-refractivity contribution in [1.29, 1.82) is 0 Å². The van der Waals surface area contributed by atoms with Crippen molar-refractivity contribution < 1.29 is 4.79 Å². The number of rotatable bonds is 3. The van der Waals surface area contributed by atoms with Gasteiger partial charge in [-0.15, -0.1) is 10.2 Å². The molecule has 0 spiro atoms. The normalized spacial score (nSPS) is 17.8. The number of carbonyl (C=O) groups excluding carboxylic acids is 1. The average molecular weight is 396 g/mol. The molecule has 0 unspecified atom stereocenters. The van der Waals surface area contributed by atoms with Gasteiger partial charge in [-0.05, 0) is 37.0 Å². The summed E-state index contributed by atoms with van der Waals surface area (Å²) in [6, 6.07) is 7.10. The molecule has 6 nitrogen and oxygen atoms in total. The van der Waals surface area contributed by atoms with E-state index in [9.17, 15) is 4.79 Å². The summed E-state index contributed by atoms with van der Waals surface area (Å²) in [6.07, 6.45) is 2.43. The number of amides is 2. The summed E-state index contributed by atoms with van der Waals surface area (Å²) < 4.78 is 0.910. The maximum absolute atomic E-state index is 12.0. The summed E-state index contributed by atoms with van der Waals surface area (Å²) >= 11 is 4.78. The van der Waals surface area contributed by atoms with Gasteiger partial charge in [-0.2, -0.15) is 0 Å². The predicted molar refractivity (Wildman–Crippen MR) is 97.3 cm³/mol. The van der Waals surface area contributed by atoms with Gasteiger partial charge < -0.3 is 10.2 Å². The van der Waals surface area contributed by atoms with Gasteiger partial charge >= 0.3 is 6.03 Å². The van der Waals surface area contributed by atoms with E-state index in [-0.39, 0.29) is 6.03 Å². The summed E-state index contributed by atoms with van der Waals surface area (Å²) in [4.78, 5) is 14.3. The highest BCUT2D eigenvalue weighted by Crippen LogP contribution is 2.28. The Morgan fingerprint density at radius 1 is 1.39 bits per heavy atom. The molecule has 2 amide bonds. The van der Waals surface area contributed by atoms with E-state index in [1.54, 1.807) is 0 Å². The summed E-state index contributed by atoms with van der Waals surface area (Å²) in [5.74, 6) is 0.670. The molecule has 1 fully saturated rings. The minimum atomic E-state index is -0.321. The fourth-order valence-electron chi connectivity index (χ4n) is 2.58. The van der Waals surface area contributed by atoms with E-state index >= 15 is 0 Å². The molecule has 0 bridgehead atoms. The Balaban J connectivity index is 1.59. The molecule has 0 radical (unpaired) electrons. The van der Waals surface area contributed by atoms with Gasteiger partial charge in [0, 0.05) is 23.2 Å². The Kier molecular flexibility index (Phi) is 5.12. The van der Waals surface area contributed by atoms with Crippen molar-refractivity contribution in [2.24, 2.45) is 5.92 Å². The first kappa shape index (κ1) is 16.2. The molecule has 0 saturated carbocycles. The van der Waals surface area contributed by atoms with Crippen molar-refractivity contribution in [2.45, 2.75) is 19.8 Å². The van der Waals surface area contributed by atoms with Crippen molar-refractivity contribution in [3.63, 3.8) is 0 Å². The van der Waals surface area contributed by atoms with Crippen LogP contribution in [0.1, 0.15) is 19.8 Å². The Labute approximate surface area is 147 Å². The van der Waals surface area contributed by atoms with Crippen LogP contribution in [-0.2, 0) is 0 Å². The van der Waals surface area contributed by atoms with Gasteiger partial charge in [0.15, 0.2) is 0 Å². The third-order valence-electron chi connectivity index (χ3n) is 3.64. The number of hydrogen-bond donors (Lipinski definition) is 2. The summed E-state index contributed by atoms with van der Waals surface area (Å²) in [5.41, 5.74) is 0.714. The Hall–Kier alpha value is -1.67. The van der Waals surface area contributed by atoms with E-state index in [1.165, 1.54) is 24.2 Å². The molecule has 2 aromatic rings. The minimum Gasteiger partial charge on any atom is -0.346 e. The average Bonchev–Trinajstić information content (AvgIpc) is 2.95. The number of benzene rings is 1. The molecule has 122 valence electrons. The monoisotopic (exact) mass is 395 g/mol. The number of anilines is 3. The highest BCUT2D eigenvalue weighted by molar-refractivity contribution is 9.10. The van der Waals surface area contributed by atoms with E-state index < -0.39 is 0 Å². The Morgan fingerprint density at radius 2 is 2.26 bits per heavy atom. The van der Waals surface area contributed by atoms with Crippen LogP contribution >= 0.6 is 27.3 Å². The topological polar surface area (TPSA) is 70.2 Å². The summed E-state index contributed by atoms with van der Waals surface area (Å²) in [5, 5.41) is 15.1. The lowest BCUT2D eigenvalue weighted by Gasteiger charge is -2.29. The van der Waals surface area contributed by atoms with Crippen LogP contribution in [0, 0.1) is 5.92 Å². The van der Waals surface area contributed by atoms with E-state index in [4.69, 9.17) is 0 Å². The van der Waals surface area contributed by atoms with Crippen molar-refractivity contribution in [2.75, 3.05) is 28.6 Å². The van der Waals surface area contributed by atoms with E-state index in [0.717, 1.165) is 22.7 Å². The van der Waals surface area contributed by atoms with Crippen LogP contribution in [0.25, 0.3) is 0 Å². The molecular formula is C15H18BrN5OS. The van der Waals surface area contributed by atoms with Gasteiger partial charge in [0.1, 0.15) is 0 Å². The second-order valence-electron chi connectivity index (χ2n) is 5.67. The van der Waals surface area contributed by atoms with E-state index in [1.807, 2.05) is 24.3 Å². The number of nitrogens with zero attached hydrogens (tertiary/aromatic N) is 3. The van der Waals surface area contributed by atoms with Gasteiger partial charge in [-0.1, -0.05) is 40.3 Å². The summed E-state index contributed by atoms with van der Waals surface area (Å²) in [6.45, 7) is 4.25. The Bertz CT molecular complexity index is 692. The molecule has 1 aromatic heterocycles. The SMILES string of the molecule is C[C@@H]1CCCN(c2nnc(NC(=O)Nc3cccc(Br)c3)s2)C1. The van der Waals surface area contributed by atoms with Crippen LogP contribution in [0.5, 0.6) is 0 Å². The third-order valence-corrected chi connectivity index (χ3v) is 5.04. The quantitative estimate of drug-likeness (QED) is 0.817. The zero-order chi connectivity index (χ0) is 16.2. The fourth-order valence-corrected chi connectivity index (χ4v) is 3.76. The standard InChI is InChI=1S/C15H18BrN5OS/c1-10-4-3-7-21(9-10)15-20-19-14(23-15)18-13(22)17-12-6-2-5-11(16)8-12/h2,5-6,8,10H,3-4,7,9H2,1H3,(H2,17,18,19,22)/t10-/m1/s1. The first-order valence-corrected chi connectivity index (χ1v) is 9.13. The second kappa shape index (κ2) is 7.27. The van der Waals surface area contributed by atoms with Crippen LogP contribution in [0.4, 0.5) is 20.7 Å². The second-order valence-corrected chi connectivity index (χ2v) is 7.54. The lowest BCUT2D eigenvalue weighted by atomic mass is 10.0. The van der Waals surface area contributed by atoms with Crippen LogP contribution in [0.2, 0.25) is 0 Å². The lowest BCUT2D eigenvalue weighted by molar-refractivity contribution is 0.262. The van der Waals surface area contributed by atoms with E-state index in [2.05, 4.69) is 48.6 Å². The van der Waals surface area contributed by atoms with Crippen molar-refractivity contribution >= 4 is 49.2 Å². The molecule has 2 N–H and O–H groups in total. The molecule has 1 aromatic carbocycles. The third kappa shape index (κ3) is 4.42. The van der Waals surface area contributed by atoms with Crippen LogP contribution in [0.15, 0.2) is 28.7 Å². The van der Waals surface area contributed by atoms with Crippen molar-refractivity contribution in [3.8, 4) is 0 Å². The van der Waals surface area contributed by atoms with Crippen LogP contribution in [0.3, 0.4) is 0 Å². The van der Waals surface area contributed by atoms with Gasteiger partial charge in [0.2, 0.25) is 10.3 Å². The van der Waals surface area contributed by atoms with Gasteiger partial charge in [-0.3, -0.25) is 5.32 Å². The zero-order valence-electron chi connectivity index (χ0n) is 12.8. The molecule has 23 heavy (non-hydrogen) atoms. The van der Waals surface area contributed by atoms with E-state index in [0.29, 0.717) is 16.7 Å². The first-order chi connectivity index (χ1) is 11.1. The summed E-state index contributed by atoms with van der Waals surface area (Å²) in [7, 11) is 0. The fraction of sp³-hybridized carbons (Fsp3) is 0.400. The highest BCUT2D eigenvalue weighted by Gasteiger charge is 2.20. The number of halogens is 1. The molecule has 1 aliphatic heterocycles. The first-order valence-electron chi connectivity index (χ1n) is 7.52. The van der Waals surface area contributed by atoms with Gasteiger partial charge in [-0.25, -0.2) is 4.79 Å². The molecule has 1 atom stereocenters. The molecule has 0 aliphatic carbocycles. The molecule has 3 rings (SSSR count). The largest absolute Gasteiger partial charge is 0.346 e. The minimum absolute atomic E-state index is 0.321. The molecule has 2 heterocycles. The number of aromatic nitrogens is 2. The van der Waals surface area contributed by atoms with Crippen molar-refractivity contribution in [3.05, 3.63) is 28.7 Å². The number of piperidine rings is 1. The molecular weight excluding hydrogens is 378 g/mol. The highest BCUT2D eigenvalue weighted by atomic mass is 79.9. The number of urea groups is 1. The van der Waals surface area contributed by atoms with Crippen LogP contribution < -0.4 is 15.5 Å². The maximum Gasteiger partial charge on any atom is 0.325 e. The number of nitrogens with one attached hydrogen (secondary N) is 2. The zero-order valence-corrected chi connectivity index (χ0v) is 15.2. The maximum atomic E-state index is 12.0. The van der Waals surface area contributed by atoms with Gasteiger partial charge in [0.05, 0.1) is 0 Å².